The molecule has 0 N–H and O–H groups in total. The molecule has 0 radical (unpaired) electrons. The highest BCUT2D eigenvalue weighted by molar-refractivity contribution is 9.10. The first kappa shape index (κ1) is 10.1. The van der Waals surface area contributed by atoms with Gasteiger partial charge in [-0.25, -0.2) is 0 Å². The van der Waals surface area contributed by atoms with Gasteiger partial charge in [-0.2, -0.15) is 11.8 Å². The fourth-order valence-corrected chi connectivity index (χ4v) is 4.37. The summed E-state index contributed by atoms with van der Waals surface area (Å²) < 4.78 is 6.04. The Morgan fingerprint density at radius 3 is 2.92 bits per heavy atom. The maximum absolute atomic E-state index is 5.20. The lowest BCUT2D eigenvalue weighted by atomic mass is 10.0. The topological polar surface area (TPSA) is 13.1 Å². The van der Waals surface area contributed by atoms with Crippen LogP contribution in [0.1, 0.15) is 5.56 Å². The fourth-order valence-electron chi connectivity index (χ4n) is 1.51. The zero-order valence-corrected chi connectivity index (χ0v) is 11.0. The van der Waals surface area contributed by atoms with Gasteiger partial charge in [0.25, 0.3) is 0 Å². The molecular formula is C9H10Br2OS. The molecule has 0 aromatic carbocycles. The van der Waals surface area contributed by atoms with Gasteiger partial charge in [-0.15, -0.1) is 0 Å². The maximum atomic E-state index is 5.20. The Kier molecular flexibility index (Phi) is 3.43. The molecule has 4 heteroatoms. The van der Waals surface area contributed by atoms with Gasteiger partial charge in [-0.1, -0.05) is 15.9 Å². The summed E-state index contributed by atoms with van der Waals surface area (Å²) in [5.74, 6) is 3.26. The van der Waals surface area contributed by atoms with Crippen molar-refractivity contribution < 1.29 is 4.42 Å². The van der Waals surface area contributed by atoms with Gasteiger partial charge in [0, 0.05) is 10.6 Å². The average Bonchev–Trinajstić information content (AvgIpc) is 2.64. The molecule has 1 aromatic heterocycles. The zero-order chi connectivity index (χ0) is 9.26. The molecule has 1 aliphatic heterocycles. The summed E-state index contributed by atoms with van der Waals surface area (Å²) in [6, 6.07) is 2.06. The fraction of sp³-hybridized carbons (Fsp3) is 0.556. The molecule has 1 saturated heterocycles. The summed E-state index contributed by atoms with van der Waals surface area (Å²) in [5, 5.41) is 0. The van der Waals surface area contributed by atoms with Crippen LogP contribution in [0.3, 0.4) is 0 Å². The molecule has 0 amide bonds. The smallest absolute Gasteiger partial charge is 0.169 e. The standard InChI is InChI=1S/C9H10Br2OS/c10-8-5-13-4-7(8)1-6-2-9(11)12-3-6/h2-3,7-8H,1,4-5H2. The minimum atomic E-state index is 0.672. The summed E-state index contributed by atoms with van der Waals surface area (Å²) in [6.07, 6.45) is 2.96. The minimum absolute atomic E-state index is 0.672. The third-order valence-corrected chi connectivity index (χ3v) is 5.41. The van der Waals surface area contributed by atoms with Crippen molar-refractivity contribution in [2.75, 3.05) is 11.5 Å². The highest BCUT2D eigenvalue weighted by atomic mass is 79.9. The van der Waals surface area contributed by atoms with E-state index in [9.17, 15) is 0 Å². The molecular weight excluding hydrogens is 316 g/mol. The van der Waals surface area contributed by atoms with Crippen LogP contribution >= 0.6 is 43.6 Å². The second-order valence-corrected chi connectivity index (χ2v) is 6.31. The highest BCUT2D eigenvalue weighted by Crippen LogP contribution is 2.32. The predicted octanol–water partition coefficient (Wildman–Crippen LogP) is 3.71. The molecule has 1 aliphatic rings. The van der Waals surface area contributed by atoms with E-state index in [-0.39, 0.29) is 0 Å². The lowest BCUT2D eigenvalue weighted by molar-refractivity contribution is 0.533. The molecule has 2 rings (SSSR count). The van der Waals surface area contributed by atoms with E-state index in [1.165, 1.54) is 17.1 Å². The van der Waals surface area contributed by atoms with Gasteiger partial charge in [0.2, 0.25) is 0 Å². The Morgan fingerprint density at radius 1 is 1.54 bits per heavy atom. The van der Waals surface area contributed by atoms with Crippen LogP contribution in [-0.4, -0.2) is 16.3 Å². The lowest BCUT2D eigenvalue weighted by Gasteiger charge is -2.10. The first-order valence-corrected chi connectivity index (χ1v) is 7.07. The van der Waals surface area contributed by atoms with Crippen LogP contribution < -0.4 is 0 Å². The van der Waals surface area contributed by atoms with Crippen molar-refractivity contribution in [2.45, 2.75) is 11.2 Å². The van der Waals surface area contributed by atoms with Gasteiger partial charge in [0.15, 0.2) is 4.67 Å². The zero-order valence-electron chi connectivity index (χ0n) is 7.00. The molecule has 1 aromatic rings. The summed E-state index contributed by atoms with van der Waals surface area (Å²) >= 11 is 9.05. The first-order chi connectivity index (χ1) is 6.25. The van der Waals surface area contributed by atoms with E-state index in [2.05, 4.69) is 37.9 Å². The molecule has 13 heavy (non-hydrogen) atoms. The number of hydrogen-bond acceptors (Lipinski definition) is 2. The maximum Gasteiger partial charge on any atom is 0.169 e. The third-order valence-electron chi connectivity index (χ3n) is 2.24. The Labute approximate surface area is 98.9 Å². The Balaban J connectivity index is 1.97. The van der Waals surface area contributed by atoms with E-state index >= 15 is 0 Å². The summed E-state index contributed by atoms with van der Waals surface area (Å²) in [4.78, 5) is 0.672. The van der Waals surface area contributed by atoms with E-state index in [4.69, 9.17) is 4.42 Å². The Bertz CT molecular complexity index is 287. The quantitative estimate of drug-likeness (QED) is 0.769. The summed E-state index contributed by atoms with van der Waals surface area (Å²) in [7, 11) is 0. The normalized spacial score (nSPS) is 28.2. The predicted molar refractivity (Wildman–Crippen MR) is 63.6 cm³/mol. The largest absolute Gasteiger partial charge is 0.457 e. The van der Waals surface area contributed by atoms with Crippen molar-refractivity contribution in [1.82, 2.24) is 0 Å². The van der Waals surface area contributed by atoms with Crippen molar-refractivity contribution in [1.29, 1.82) is 0 Å². The molecule has 2 atom stereocenters. The van der Waals surface area contributed by atoms with E-state index in [1.807, 2.05) is 18.0 Å². The second-order valence-electron chi connectivity index (χ2n) is 3.28. The molecule has 0 aliphatic carbocycles. The minimum Gasteiger partial charge on any atom is -0.457 e. The number of alkyl halides is 1. The number of thioether (sulfide) groups is 1. The van der Waals surface area contributed by atoms with Crippen molar-refractivity contribution in [3.8, 4) is 0 Å². The van der Waals surface area contributed by atoms with Gasteiger partial charge in [-0.05, 0) is 45.7 Å². The van der Waals surface area contributed by atoms with Crippen LogP contribution in [0.4, 0.5) is 0 Å². The van der Waals surface area contributed by atoms with Crippen LogP contribution in [0, 0.1) is 5.92 Å². The third kappa shape index (κ3) is 2.54. The molecule has 0 bridgehead atoms. The highest BCUT2D eigenvalue weighted by Gasteiger charge is 2.25. The van der Waals surface area contributed by atoms with Gasteiger partial charge >= 0.3 is 0 Å². The van der Waals surface area contributed by atoms with Crippen molar-refractivity contribution in [3.63, 3.8) is 0 Å². The molecule has 1 fully saturated rings. The number of hydrogen-bond donors (Lipinski definition) is 0. The summed E-state index contributed by atoms with van der Waals surface area (Å²) in [6.45, 7) is 0. The number of halogens is 2. The molecule has 0 saturated carbocycles. The van der Waals surface area contributed by atoms with Crippen LogP contribution in [0.25, 0.3) is 0 Å². The van der Waals surface area contributed by atoms with Crippen LogP contribution in [0.5, 0.6) is 0 Å². The molecule has 2 unspecified atom stereocenters. The van der Waals surface area contributed by atoms with Crippen LogP contribution in [-0.2, 0) is 6.42 Å². The first-order valence-electron chi connectivity index (χ1n) is 4.20. The molecule has 2 heterocycles. The summed E-state index contributed by atoms with van der Waals surface area (Å²) in [5.41, 5.74) is 1.30. The van der Waals surface area contributed by atoms with Gasteiger partial charge in [-0.3, -0.25) is 0 Å². The number of furan rings is 1. The number of rotatable bonds is 2. The van der Waals surface area contributed by atoms with E-state index in [1.54, 1.807) is 0 Å². The van der Waals surface area contributed by atoms with Crippen LogP contribution in [0.2, 0.25) is 0 Å². The Hall–Kier alpha value is 0.590. The van der Waals surface area contributed by atoms with Crippen LogP contribution in [0.15, 0.2) is 21.4 Å². The van der Waals surface area contributed by atoms with Gasteiger partial charge in [0.05, 0.1) is 6.26 Å². The lowest BCUT2D eigenvalue weighted by Crippen LogP contribution is -2.13. The van der Waals surface area contributed by atoms with E-state index < -0.39 is 0 Å². The van der Waals surface area contributed by atoms with E-state index in [0.717, 1.165) is 17.0 Å². The van der Waals surface area contributed by atoms with Crippen molar-refractivity contribution in [2.24, 2.45) is 5.92 Å². The SMILES string of the molecule is Brc1cc(CC2CSCC2Br)co1. The second kappa shape index (κ2) is 4.41. The molecule has 0 spiro atoms. The van der Waals surface area contributed by atoms with E-state index in [0.29, 0.717) is 4.83 Å². The monoisotopic (exact) mass is 324 g/mol. The van der Waals surface area contributed by atoms with Crippen molar-refractivity contribution >= 4 is 43.6 Å². The molecule has 1 nitrogen and oxygen atoms in total. The average molecular weight is 326 g/mol. The van der Waals surface area contributed by atoms with Gasteiger partial charge in [0.1, 0.15) is 0 Å². The van der Waals surface area contributed by atoms with Crippen molar-refractivity contribution in [3.05, 3.63) is 22.6 Å². The molecule has 72 valence electrons. The van der Waals surface area contributed by atoms with Gasteiger partial charge < -0.3 is 4.42 Å². The Morgan fingerprint density at radius 2 is 2.38 bits per heavy atom.